The third-order valence-electron chi connectivity index (χ3n) is 1.66. The minimum Gasteiger partial charge on any atom is -0.384 e. The van der Waals surface area contributed by atoms with Gasteiger partial charge in [-0.1, -0.05) is 15.9 Å². The smallest absolute Gasteiger partial charge is 0.221 e. The molecule has 76 valence electrons. The van der Waals surface area contributed by atoms with Crippen molar-refractivity contribution >= 4 is 33.2 Å². The van der Waals surface area contributed by atoms with Crippen LogP contribution in [0, 0.1) is 0 Å². The highest BCUT2D eigenvalue weighted by Gasteiger charge is 2.03. The zero-order chi connectivity index (χ0) is 10.6. The topological polar surface area (TPSA) is 41.1 Å². The highest BCUT2D eigenvalue weighted by molar-refractivity contribution is 9.10. The molecule has 0 saturated carbocycles. The first kappa shape index (κ1) is 11.0. The fraction of sp³-hybridized carbons (Fsp3) is 0.300. The summed E-state index contributed by atoms with van der Waals surface area (Å²) >= 11 is 3.38. The summed E-state index contributed by atoms with van der Waals surface area (Å²) in [6.45, 7) is 4.33. The lowest BCUT2D eigenvalue weighted by Gasteiger charge is -2.11. The average molecular weight is 257 g/mol. The second kappa shape index (κ2) is 5.00. The Morgan fingerprint density at radius 3 is 2.71 bits per heavy atom. The molecule has 0 aliphatic carbocycles. The lowest BCUT2D eigenvalue weighted by molar-refractivity contribution is -0.114. The van der Waals surface area contributed by atoms with Crippen molar-refractivity contribution in [3.63, 3.8) is 0 Å². The number of anilines is 2. The van der Waals surface area contributed by atoms with E-state index in [1.807, 2.05) is 25.1 Å². The van der Waals surface area contributed by atoms with Gasteiger partial charge in [0.25, 0.3) is 0 Å². The molecule has 3 nitrogen and oxygen atoms in total. The van der Waals surface area contributed by atoms with E-state index < -0.39 is 0 Å². The lowest BCUT2D eigenvalue weighted by atomic mass is 10.2. The number of nitrogens with one attached hydrogen (secondary N) is 2. The van der Waals surface area contributed by atoms with E-state index >= 15 is 0 Å². The van der Waals surface area contributed by atoms with Crippen LogP contribution in [0.15, 0.2) is 22.7 Å². The molecule has 0 atom stereocenters. The number of benzene rings is 1. The molecule has 0 radical (unpaired) electrons. The van der Waals surface area contributed by atoms with Crippen molar-refractivity contribution in [2.45, 2.75) is 13.8 Å². The number of carbonyl (C=O) groups is 1. The van der Waals surface area contributed by atoms with Crippen molar-refractivity contribution < 1.29 is 4.79 Å². The summed E-state index contributed by atoms with van der Waals surface area (Å²) in [6, 6.07) is 5.70. The molecule has 4 heteroatoms. The van der Waals surface area contributed by atoms with E-state index in [0.29, 0.717) is 0 Å². The maximum absolute atomic E-state index is 10.9. The zero-order valence-corrected chi connectivity index (χ0v) is 9.81. The van der Waals surface area contributed by atoms with E-state index in [2.05, 4.69) is 26.6 Å². The van der Waals surface area contributed by atoms with Gasteiger partial charge in [0, 0.05) is 17.9 Å². The van der Waals surface area contributed by atoms with Gasteiger partial charge in [-0.2, -0.15) is 0 Å². The number of amides is 1. The molecule has 2 N–H and O–H groups in total. The number of hydrogen-bond acceptors (Lipinski definition) is 2. The summed E-state index contributed by atoms with van der Waals surface area (Å²) in [7, 11) is 0. The molecular formula is C10H13BrN2O. The van der Waals surface area contributed by atoms with Crippen molar-refractivity contribution in [1.82, 2.24) is 0 Å². The predicted molar refractivity (Wildman–Crippen MR) is 62.6 cm³/mol. The summed E-state index contributed by atoms with van der Waals surface area (Å²) in [4.78, 5) is 10.9. The Bertz CT molecular complexity index is 339. The highest BCUT2D eigenvalue weighted by Crippen LogP contribution is 2.25. The van der Waals surface area contributed by atoms with Crippen LogP contribution in [0.2, 0.25) is 0 Å². The van der Waals surface area contributed by atoms with Crippen LogP contribution in [0.5, 0.6) is 0 Å². The molecule has 0 heterocycles. The fourth-order valence-corrected chi connectivity index (χ4v) is 1.51. The summed E-state index contributed by atoms with van der Waals surface area (Å²) in [5.41, 5.74) is 1.74. The first-order valence-electron chi connectivity index (χ1n) is 4.44. The molecular weight excluding hydrogens is 244 g/mol. The second-order valence-electron chi connectivity index (χ2n) is 2.90. The molecule has 1 rings (SSSR count). The summed E-state index contributed by atoms with van der Waals surface area (Å²) in [6.07, 6.45) is 0. The summed E-state index contributed by atoms with van der Waals surface area (Å²) in [5, 5.41) is 5.94. The monoisotopic (exact) mass is 256 g/mol. The van der Waals surface area contributed by atoms with Crippen LogP contribution in [0.4, 0.5) is 11.4 Å². The molecule has 0 aromatic heterocycles. The van der Waals surface area contributed by atoms with Gasteiger partial charge in [0.2, 0.25) is 5.91 Å². The van der Waals surface area contributed by atoms with Gasteiger partial charge >= 0.3 is 0 Å². The van der Waals surface area contributed by atoms with E-state index in [1.54, 1.807) is 0 Å². The van der Waals surface area contributed by atoms with E-state index in [9.17, 15) is 4.79 Å². The van der Waals surface area contributed by atoms with Gasteiger partial charge < -0.3 is 10.6 Å². The zero-order valence-electron chi connectivity index (χ0n) is 8.23. The van der Waals surface area contributed by atoms with Crippen molar-refractivity contribution in [2.24, 2.45) is 0 Å². The number of halogens is 1. The molecule has 1 aromatic carbocycles. The quantitative estimate of drug-likeness (QED) is 0.874. The number of rotatable bonds is 3. The Balaban J connectivity index is 2.95. The molecule has 0 unspecified atom stereocenters. The van der Waals surface area contributed by atoms with Crippen molar-refractivity contribution in [2.75, 3.05) is 17.2 Å². The standard InChI is InChI=1S/C10H13BrN2O/c1-3-12-10-6-8(11)4-5-9(10)13-7(2)14/h4-6,12H,3H2,1-2H3,(H,13,14). The first-order valence-corrected chi connectivity index (χ1v) is 5.23. The van der Waals surface area contributed by atoms with Crippen molar-refractivity contribution in [3.8, 4) is 0 Å². The van der Waals surface area contributed by atoms with Crippen molar-refractivity contribution in [1.29, 1.82) is 0 Å². The van der Waals surface area contributed by atoms with Crippen LogP contribution in [-0.4, -0.2) is 12.5 Å². The Morgan fingerprint density at radius 1 is 1.43 bits per heavy atom. The molecule has 0 spiro atoms. The second-order valence-corrected chi connectivity index (χ2v) is 3.82. The van der Waals surface area contributed by atoms with Crippen LogP contribution in [0.3, 0.4) is 0 Å². The van der Waals surface area contributed by atoms with Crippen LogP contribution in [0.1, 0.15) is 13.8 Å². The predicted octanol–water partition coefficient (Wildman–Crippen LogP) is 2.84. The van der Waals surface area contributed by atoms with E-state index in [-0.39, 0.29) is 5.91 Å². The van der Waals surface area contributed by atoms with Gasteiger partial charge in [-0.15, -0.1) is 0 Å². The Labute approximate surface area is 92.0 Å². The third-order valence-corrected chi connectivity index (χ3v) is 2.15. The Kier molecular flexibility index (Phi) is 3.95. The maximum atomic E-state index is 10.9. The summed E-state index contributed by atoms with van der Waals surface area (Å²) in [5.74, 6) is -0.0634. The van der Waals surface area contributed by atoms with Gasteiger partial charge in [-0.3, -0.25) is 4.79 Å². The maximum Gasteiger partial charge on any atom is 0.221 e. The normalized spacial score (nSPS) is 9.64. The molecule has 0 saturated heterocycles. The largest absolute Gasteiger partial charge is 0.384 e. The molecule has 14 heavy (non-hydrogen) atoms. The Hall–Kier alpha value is -1.03. The van der Waals surface area contributed by atoms with Gasteiger partial charge in [-0.05, 0) is 25.1 Å². The van der Waals surface area contributed by atoms with Gasteiger partial charge in [0.1, 0.15) is 0 Å². The number of carbonyl (C=O) groups excluding carboxylic acids is 1. The summed E-state index contributed by atoms with van der Waals surface area (Å²) < 4.78 is 0.988. The Morgan fingerprint density at radius 2 is 2.14 bits per heavy atom. The minimum absolute atomic E-state index is 0.0634. The highest BCUT2D eigenvalue weighted by atomic mass is 79.9. The third kappa shape index (κ3) is 3.03. The van der Waals surface area contributed by atoms with E-state index in [0.717, 1.165) is 22.4 Å². The number of hydrogen-bond donors (Lipinski definition) is 2. The lowest BCUT2D eigenvalue weighted by Crippen LogP contribution is -2.09. The molecule has 0 aliphatic rings. The molecule has 0 aliphatic heterocycles. The van der Waals surface area contributed by atoms with Gasteiger partial charge in [0.15, 0.2) is 0 Å². The van der Waals surface area contributed by atoms with Crippen LogP contribution in [0.25, 0.3) is 0 Å². The van der Waals surface area contributed by atoms with E-state index in [1.165, 1.54) is 6.92 Å². The van der Waals surface area contributed by atoms with Crippen LogP contribution < -0.4 is 10.6 Å². The van der Waals surface area contributed by atoms with Gasteiger partial charge in [-0.25, -0.2) is 0 Å². The van der Waals surface area contributed by atoms with Gasteiger partial charge in [0.05, 0.1) is 11.4 Å². The molecule has 1 amide bonds. The van der Waals surface area contributed by atoms with E-state index in [4.69, 9.17) is 0 Å². The average Bonchev–Trinajstić information content (AvgIpc) is 2.09. The van der Waals surface area contributed by atoms with Crippen LogP contribution in [-0.2, 0) is 4.79 Å². The molecule has 0 fully saturated rings. The van der Waals surface area contributed by atoms with Crippen LogP contribution >= 0.6 is 15.9 Å². The molecule has 0 bridgehead atoms. The van der Waals surface area contributed by atoms with Crippen molar-refractivity contribution in [3.05, 3.63) is 22.7 Å². The first-order chi connectivity index (χ1) is 6.63. The fourth-order valence-electron chi connectivity index (χ4n) is 1.15. The molecule has 1 aromatic rings. The SMILES string of the molecule is CCNc1cc(Br)ccc1NC(C)=O. The minimum atomic E-state index is -0.0634.